The molecule has 3 heterocycles. The minimum absolute atomic E-state index is 0.0637. The van der Waals surface area contributed by atoms with Crippen molar-refractivity contribution in [3.63, 3.8) is 0 Å². The molecule has 3 aromatic rings. The van der Waals surface area contributed by atoms with Crippen molar-refractivity contribution in [3.8, 4) is 6.01 Å². The number of hydrogen-bond donors (Lipinski definition) is 2. The van der Waals surface area contributed by atoms with Gasteiger partial charge in [0.15, 0.2) is 11.6 Å². The molecule has 10 nitrogen and oxygen atoms in total. The Morgan fingerprint density at radius 3 is 2.64 bits per heavy atom. The third-order valence-corrected chi connectivity index (χ3v) is 8.89. The number of benzene rings is 2. The Balaban J connectivity index is 1.06. The number of halogens is 3. The topological polar surface area (TPSA) is 115 Å². The number of amides is 1. The summed E-state index contributed by atoms with van der Waals surface area (Å²) in [6, 6.07) is 9.17. The van der Waals surface area contributed by atoms with Gasteiger partial charge >= 0.3 is 12.0 Å². The summed E-state index contributed by atoms with van der Waals surface area (Å²) < 4.78 is 44.7. The molecule has 2 aliphatic heterocycles. The number of rotatable bonds is 10. The largest absolute Gasteiger partial charge is 0.465 e. The lowest BCUT2D eigenvalue weighted by Gasteiger charge is -2.33. The molecule has 1 spiro atoms. The van der Waals surface area contributed by atoms with Gasteiger partial charge < -0.3 is 29.7 Å². The van der Waals surface area contributed by atoms with E-state index in [0.717, 1.165) is 25.6 Å². The third kappa shape index (κ3) is 6.41. The Bertz CT molecular complexity index is 1560. The van der Waals surface area contributed by atoms with Crippen molar-refractivity contribution in [3.05, 3.63) is 70.4 Å². The van der Waals surface area contributed by atoms with Crippen molar-refractivity contribution in [2.24, 2.45) is 11.3 Å². The number of nitrogens with one attached hydrogen (secondary N) is 2. The first-order valence-electron chi connectivity index (χ1n) is 14.5. The van der Waals surface area contributed by atoms with Crippen LogP contribution in [-0.2, 0) is 20.9 Å². The van der Waals surface area contributed by atoms with Crippen LogP contribution in [0, 0.1) is 23.0 Å². The molecule has 1 amide bonds. The van der Waals surface area contributed by atoms with Crippen LogP contribution in [0.25, 0.3) is 0 Å². The number of hydrogen-bond acceptors (Lipinski definition) is 9. The zero-order valence-corrected chi connectivity index (χ0v) is 24.8. The van der Waals surface area contributed by atoms with E-state index in [-0.39, 0.29) is 52.4 Å². The molecule has 44 heavy (non-hydrogen) atoms. The lowest BCUT2D eigenvalue weighted by molar-refractivity contribution is -0.118. The average Bonchev–Trinajstić information content (AvgIpc) is 3.70. The maximum atomic E-state index is 14.8. The fourth-order valence-corrected chi connectivity index (χ4v) is 5.94. The Hall–Kier alpha value is -4.03. The highest BCUT2D eigenvalue weighted by Crippen LogP contribution is 2.60. The maximum Gasteiger partial charge on any atom is 0.337 e. The van der Waals surface area contributed by atoms with Crippen molar-refractivity contribution in [1.29, 1.82) is 0 Å². The summed E-state index contributed by atoms with van der Waals surface area (Å²) in [4.78, 5) is 35.4. The Morgan fingerprint density at radius 1 is 1.14 bits per heavy atom. The number of piperidine rings is 1. The molecule has 2 N–H and O–H groups in total. The summed E-state index contributed by atoms with van der Waals surface area (Å²) in [5.41, 5.74) is 1.68. The van der Waals surface area contributed by atoms with Crippen LogP contribution in [0.15, 0.2) is 42.6 Å². The third-order valence-electron chi connectivity index (χ3n) is 8.65. The molecule has 232 valence electrons. The zero-order valence-electron chi connectivity index (χ0n) is 24.1. The van der Waals surface area contributed by atoms with E-state index in [0.29, 0.717) is 49.4 Å². The summed E-state index contributed by atoms with van der Waals surface area (Å²) >= 11 is 5.80. The molecular formula is C31H32ClF2N5O5. The van der Waals surface area contributed by atoms with Crippen molar-refractivity contribution < 1.29 is 32.6 Å². The number of aromatic nitrogens is 2. The van der Waals surface area contributed by atoms with Crippen molar-refractivity contribution in [2.45, 2.75) is 38.4 Å². The summed E-state index contributed by atoms with van der Waals surface area (Å²) in [6.07, 6.45) is 4.19. The fourth-order valence-electron chi connectivity index (χ4n) is 5.78. The second kappa shape index (κ2) is 12.5. The van der Waals surface area contributed by atoms with Gasteiger partial charge in [-0.3, -0.25) is 4.79 Å². The molecular weight excluding hydrogens is 596 g/mol. The summed E-state index contributed by atoms with van der Waals surface area (Å²) in [6.45, 7) is 2.16. The normalized spacial score (nSPS) is 20.0. The van der Waals surface area contributed by atoms with Crippen LogP contribution in [0.1, 0.15) is 41.6 Å². The molecule has 3 aliphatic rings. The van der Waals surface area contributed by atoms with Gasteiger partial charge in [-0.2, -0.15) is 4.98 Å². The van der Waals surface area contributed by atoms with E-state index in [9.17, 15) is 18.4 Å². The molecule has 2 aromatic carbocycles. The van der Waals surface area contributed by atoms with Gasteiger partial charge in [0.25, 0.3) is 0 Å². The number of ether oxygens (including phenoxy) is 3. The quantitative estimate of drug-likeness (QED) is 0.292. The number of methoxy groups -OCH3 is 1. The van der Waals surface area contributed by atoms with Crippen LogP contribution in [0.3, 0.4) is 0 Å². The molecule has 0 bridgehead atoms. The van der Waals surface area contributed by atoms with Crippen molar-refractivity contribution in [1.82, 2.24) is 9.97 Å². The van der Waals surface area contributed by atoms with Crippen LogP contribution in [0.2, 0.25) is 5.02 Å². The molecule has 2 saturated heterocycles. The first-order chi connectivity index (χ1) is 21.2. The van der Waals surface area contributed by atoms with Gasteiger partial charge in [0.2, 0.25) is 5.91 Å². The molecule has 6 rings (SSSR count). The van der Waals surface area contributed by atoms with Gasteiger partial charge in [-0.05, 0) is 61.4 Å². The standard InChI is InChI=1S/C31H32ClF2N5O5/c1-42-29(41)18-3-5-25(26(12-18)35-15-21-6-11-43-21)37-28(40)22-14-31(22)7-9-39(10-8-31)27-24(34)16-36-30(38-27)44-17-19-2-4-20(32)13-23(19)33/h2-5,12-13,16,21-22,35H,6-11,14-15,17H2,1H3,(H,37,40)/t21-,22?/m0/s1. The number of esters is 1. The van der Waals surface area contributed by atoms with Crippen LogP contribution in [0.5, 0.6) is 6.01 Å². The predicted molar refractivity (Wildman–Crippen MR) is 159 cm³/mol. The Kier molecular flexibility index (Phi) is 8.55. The Labute approximate surface area is 258 Å². The highest BCUT2D eigenvalue weighted by molar-refractivity contribution is 6.30. The predicted octanol–water partition coefficient (Wildman–Crippen LogP) is 5.22. The smallest absolute Gasteiger partial charge is 0.337 e. The minimum atomic E-state index is -0.584. The lowest BCUT2D eigenvalue weighted by Crippen LogP contribution is -2.37. The van der Waals surface area contributed by atoms with Gasteiger partial charge in [-0.25, -0.2) is 18.6 Å². The summed E-state index contributed by atoms with van der Waals surface area (Å²) in [5, 5.41) is 6.61. The lowest BCUT2D eigenvalue weighted by atomic mass is 9.90. The summed E-state index contributed by atoms with van der Waals surface area (Å²) in [5.74, 6) is -1.73. The molecule has 13 heteroatoms. The molecule has 1 saturated carbocycles. The van der Waals surface area contributed by atoms with E-state index in [1.165, 1.54) is 19.2 Å². The highest BCUT2D eigenvalue weighted by atomic mass is 35.5. The van der Waals surface area contributed by atoms with E-state index >= 15 is 0 Å². The van der Waals surface area contributed by atoms with Gasteiger partial charge in [-0.1, -0.05) is 17.7 Å². The van der Waals surface area contributed by atoms with Gasteiger partial charge in [0.05, 0.1) is 36.3 Å². The van der Waals surface area contributed by atoms with Crippen molar-refractivity contribution in [2.75, 3.05) is 48.9 Å². The molecule has 2 atom stereocenters. The number of carbonyl (C=O) groups excluding carboxylic acids is 2. The van der Waals surface area contributed by atoms with E-state index in [4.69, 9.17) is 25.8 Å². The van der Waals surface area contributed by atoms with E-state index in [1.807, 2.05) is 4.90 Å². The second-order valence-electron chi connectivity index (χ2n) is 11.4. The van der Waals surface area contributed by atoms with Crippen LogP contribution in [-0.4, -0.2) is 61.3 Å². The zero-order chi connectivity index (χ0) is 30.8. The van der Waals surface area contributed by atoms with E-state index < -0.39 is 17.6 Å². The molecule has 1 aliphatic carbocycles. The first-order valence-corrected chi connectivity index (χ1v) is 14.9. The number of carbonyl (C=O) groups is 2. The highest BCUT2D eigenvalue weighted by Gasteiger charge is 2.58. The number of anilines is 3. The first kappa shape index (κ1) is 30.0. The van der Waals surface area contributed by atoms with Gasteiger partial charge in [0.1, 0.15) is 12.4 Å². The monoisotopic (exact) mass is 627 g/mol. The van der Waals surface area contributed by atoms with Crippen LogP contribution in [0.4, 0.5) is 26.0 Å². The van der Waals surface area contributed by atoms with Crippen LogP contribution >= 0.6 is 11.6 Å². The van der Waals surface area contributed by atoms with E-state index in [2.05, 4.69) is 20.6 Å². The average molecular weight is 628 g/mol. The van der Waals surface area contributed by atoms with E-state index in [1.54, 1.807) is 24.3 Å². The Morgan fingerprint density at radius 2 is 1.93 bits per heavy atom. The van der Waals surface area contributed by atoms with Crippen molar-refractivity contribution >= 4 is 40.7 Å². The molecule has 1 unspecified atom stereocenters. The maximum absolute atomic E-state index is 14.8. The number of nitrogens with zero attached hydrogens (tertiary/aromatic N) is 3. The van der Waals surface area contributed by atoms with Crippen LogP contribution < -0.4 is 20.3 Å². The molecule has 0 radical (unpaired) electrons. The summed E-state index contributed by atoms with van der Waals surface area (Å²) in [7, 11) is 1.32. The SMILES string of the molecule is COC(=O)c1ccc(NC(=O)C2CC23CCN(c2nc(OCc4ccc(Cl)cc4F)ncc2F)CC3)c(NC[C@@H]2CCO2)c1. The van der Waals surface area contributed by atoms with Gasteiger partial charge in [0, 0.05) is 42.7 Å². The van der Waals surface area contributed by atoms with Gasteiger partial charge in [-0.15, -0.1) is 0 Å². The second-order valence-corrected chi connectivity index (χ2v) is 11.8. The molecule has 3 fully saturated rings. The molecule has 1 aromatic heterocycles. The fraction of sp³-hybridized carbons (Fsp3) is 0.419. The minimum Gasteiger partial charge on any atom is -0.465 e.